The van der Waals surface area contributed by atoms with Gasteiger partial charge in [-0.2, -0.15) is 0 Å². The zero-order chi connectivity index (χ0) is 21.3. The number of nitro groups is 1. The number of rotatable bonds is 6. The molecule has 0 spiro atoms. The first-order chi connectivity index (χ1) is 13.7. The van der Waals surface area contributed by atoms with Crippen molar-refractivity contribution in [2.75, 3.05) is 6.61 Å². The van der Waals surface area contributed by atoms with E-state index >= 15 is 0 Å². The largest absolute Gasteiger partial charge is 0.456 e. The molecule has 0 aliphatic carbocycles. The molecule has 0 N–H and O–H groups in total. The molecule has 0 aromatic heterocycles. The van der Waals surface area contributed by atoms with Crippen LogP contribution in [0.15, 0.2) is 42.5 Å². The van der Waals surface area contributed by atoms with E-state index in [1.54, 1.807) is 0 Å². The summed E-state index contributed by atoms with van der Waals surface area (Å²) in [5, 5.41) is 11.6. The van der Waals surface area contributed by atoms with E-state index in [1.165, 1.54) is 43.3 Å². The van der Waals surface area contributed by atoms with E-state index in [9.17, 15) is 29.3 Å². The molecule has 2 amide bonds. The number of nitrogens with zero attached hydrogens (tertiary/aromatic N) is 2. The quantitative estimate of drug-likeness (QED) is 0.233. The van der Waals surface area contributed by atoms with Crippen LogP contribution >= 0.6 is 11.6 Å². The highest BCUT2D eigenvalue weighted by Gasteiger charge is 2.45. The lowest BCUT2D eigenvalue weighted by molar-refractivity contribution is -0.385. The molecular formula is C19H13ClN2O7. The minimum absolute atomic E-state index is 0.166. The number of halogens is 1. The molecule has 1 atom stereocenters. The summed E-state index contributed by atoms with van der Waals surface area (Å²) in [5.41, 5.74) is -0.798. The second-order valence-electron chi connectivity index (χ2n) is 6.15. The summed E-state index contributed by atoms with van der Waals surface area (Å²) in [6.45, 7) is 0.636. The minimum atomic E-state index is -1.37. The van der Waals surface area contributed by atoms with Crippen LogP contribution < -0.4 is 0 Å². The number of imide groups is 1. The molecule has 29 heavy (non-hydrogen) atoms. The van der Waals surface area contributed by atoms with Gasteiger partial charge in [-0.25, -0.2) is 4.79 Å². The van der Waals surface area contributed by atoms with Crippen LogP contribution in [0.4, 0.5) is 5.69 Å². The van der Waals surface area contributed by atoms with E-state index < -0.39 is 46.8 Å². The van der Waals surface area contributed by atoms with Crippen molar-refractivity contribution in [1.82, 2.24) is 4.90 Å². The average molecular weight is 417 g/mol. The number of fused-ring (bicyclic) bond motifs is 1. The molecular weight excluding hydrogens is 404 g/mol. The van der Waals surface area contributed by atoms with E-state index in [4.69, 9.17) is 16.3 Å². The Morgan fingerprint density at radius 3 is 2.41 bits per heavy atom. The van der Waals surface area contributed by atoms with Crippen molar-refractivity contribution in [2.45, 2.75) is 13.0 Å². The van der Waals surface area contributed by atoms with Crippen LogP contribution in [0.25, 0.3) is 0 Å². The van der Waals surface area contributed by atoms with Crippen LogP contribution in [0, 0.1) is 10.1 Å². The van der Waals surface area contributed by atoms with Crippen molar-refractivity contribution < 1.29 is 28.8 Å². The Bertz CT molecular complexity index is 1050. The zero-order valence-corrected chi connectivity index (χ0v) is 15.7. The number of Topliss-reactive ketones (excluding diaryl/α,β-unsaturated/α-hetero) is 1. The molecule has 1 heterocycles. The molecule has 0 radical (unpaired) electrons. The SMILES string of the molecule is C[C@@H](C(=O)OCC(=O)c1ccc(Cl)cc1)N1C(=O)c2cccc([N+](=O)[O-])c2C1=O. The molecule has 0 bridgehead atoms. The average Bonchev–Trinajstić information content (AvgIpc) is 2.96. The Kier molecular flexibility index (Phi) is 5.42. The number of carbonyl (C=O) groups excluding carboxylic acids is 4. The predicted molar refractivity (Wildman–Crippen MR) is 99.8 cm³/mol. The van der Waals surface area contributed by atoms with Crippen molar-refractivity contribution in [2.24, 2.45) is 0 Å². The fraction of sp³-hybridized carbons (Fsp3) is 0.158. The van der Waals surface area contributed by atoms with E-state index in [1.807, 2.05) is 0 Å². The van der Waals surface area contributed by atoms with Gasteiger partial charge in [-0.3, -0.25) is 29.4 Å². The van der Waals surface area contributed by atoms with E-state index in [0.717, 1.165) is 6.07 Å². The van der Waals surface area contributed by atoms with Crippen molar-refractivity contribution in [3.63, 3.8) is 0 Å². The fourth-order valence-corrected chi connectivity index (χ4v) is 3.00. The molecule has 0 unspecified atom stereocenters. The predicted octanol–water partition coefficient (Wildman–Crippen LogP) is 2.66. The Labute approximate surface area is 169 Å². The molecule has 0 fully saturated rings. The summed E-state index contributed by atoms with van der Waals surface area (Å²) in [6, 6.07) is 8.21. The maximum Gasteiger partial charge on any atom is 0.329 e. The monoisotopic (exact) mass is 416 g/mol. The normalized spacial score (nSPS) is 13.8. The topological polar surface area (TPSA) is 124 Å². The summed E-state index contributed by atoms with van der Waals surface area (Å²) in [4.78, 5) is 60.4. The van der Waals surface area contributed by atoms with Gasteiger partial charge >= 0.3 is 5.97 Å². The highest BCUT2D eigenvalue weighted by molar-refractivity contribution is 6.30. The number of hydrogen-bond donors (Lipinski definition) is 0. The van der Waals surface area contributed by atoms with Gasteiger partial charge in [0, 0.05) is 16.7 Å². The van der Waals surface area contributed by atoms with Crippen molar-refractivity contribution in [1.29, 1.82) is 0 Å². The number of amides is 2. The fourth-order valence-electron chi connectivity index (χ4n) is 2.87. The van der Waals surface area contributed by atoms with Gasteiger partial charge in [0.15, 0.2) is 12.4 Å². The lowest BCUT2D eigenvalue weighted by Gasteiger charge is -2.20. The summed E-state index contributed by atoms with van der Waals surface area (Å²) in [5.74, 6) is -3.31. The lowest BCUT2D eigenvalue weighted by atomic mass is 10.1. The van der Waals surface area contributed by atoms with Gasteiger partial charge in [-0.15, -0.1) is 0 Å². The number of nitro benzene ring substituents is 1. The van der Waals surface area contributed by atoms with Gasteiger partial charge in [-0.05, 0) is 37.3 Å². The van der Waals surface area contributed by atoms with Gasteiger partial charge in [0.2, 0.25) is 0 Å². The van der Waals surface area contributed by atoms with Crippen molar-refractivity contribution in [3.05, 3.63) is 74.3 Å². The van der Waals surface area contributed by atoms with E-state index in [0.29, 0.717) is 9.92 Å². The number of ketones is 1. The van der Waals surface area contributed by atoms with Gasteiger partial charge in [0.25, 0.3) is 17.5 Å². The molecule has 3 rings (SSSR count). The molecule has 1 aliphatic rings. The Hall–Kier alpha value is -3.59. The summed E-state index contributed by atoms with van der Waals surface area (Å²) in [6.07, 6.45) is 0. The molecule has 1 aliphatic heterocycles. The van der Waals surface area contributed by atoms with Crippen LogP contribution in [0.2, 0.25) is 5.02 Å². The van der Waals surface area contributed by atoms with Gasteiger partial charge < -0.3 is 4.74 Å². The van der Waals surface area contributed by atoms with Gasteiger partial charge in [-0.1, -0.05) is 17.7 Å². The van der Waals surface area contributed by atoms with Crippen LogP contribution in [-0.2, 0) is 9.53 Å². The first kappa shape index (κ1) is 20.2. The third-order valence-electron chi connectivity index (χ3n) is 4.36. The smallest absolute Gasteiger partial charge is 0.329 e. The van der Waals surface area contributed by atoms with Crippen LogP contribution in [-0.4, -0.2) is 46.0 Å². The Morgan fingerprint density at radius 1 is 1.14 bits per heavy atom. The summed E-state index contributed by atoms with van der Waals surface area (Å²) >= 11 is 5.75. The van der Waals surface area contributed by atoms with Crippen LogP contribution in [0.3, 0.4) is 0 Å². The van der Waals surface area contributed by atoms with E-state index in [2.05, 4.69) is 0 Å². The van der Waals surface area contributed by atoms with E-state index in [-0.39, 0.29) is 16.7 Å². The number of esters is 1. The highest BCUT2D eigenvalue weighted by Crippen LogP contribution is 2.32. The third kappa shape index (κ3) is 3.72. The summed E-state index contributed by atoms with van der Waals surface area (Å²) in [7, 11) is 0. The number of benzene rings is 2. The Morgan fingerprint density at radius 2 is 1.79 bits per heavy atom. The standard InChI is InChI=1S/C19H13ClN2O7/c1-10(19(26)29-9-15(23)11-5-7-12(20)8-6-11)21-17(24)13-3-2-4-14(22(27)28)16(13)18(21)25/h2-8,10H,9H2,1H3/t10-/m0/s1. The molecule has 0 saturated heterocycles. The number of carbonyl (C=O) groups is 4. The lowest BCUT2D eigenvalue weighted by Crippen LogP contribution is -2.44. The van der Waals surface area contributed by atoms with Gasteiger partial charge in [0.05, 0.1) is 10.5 Å². The minimum Gasteiger partial charge on any atom is -0.456 e. The zero-order valence-electron chi connectivity index (χ0n) is 15.0. The van der Waals surface area contributed by atoms with Crippen LogP contribution in [0.1, 0.15) is 38.0 Å². The van der Waals surface area contributed by atoms with Crippen LogP contribution in [0.5, 0.6) is 0 Å². The second kappa shape index (κ2) is 7.80. The molecule has 0 saturated carbocycles. The first-order valence-electron chi connectivity index (χ1n) is 8.33. The third-order valence-corrected chi connectivity index (χ3v) is 4.61. The summed E-state index contributed by atoms with van der Waals surface area (Å²) < 4.78 is 4.93. The second-order valence-corrected chi connectivity index (χ2v) is 6.59. The van der Waals surface area contributed by atoms with Crippen molar-refractivity contribution in [3.8, 4) is 0 Å². The van der Waals surface area contributed by atoms with Crippen molar-refractivity contribution >= 4 is 40.9 Å². The first-order valence-corrected chi connectivity index (χ1v) is 8.71. The maximum absolute atomic E-state index is 12.6. The number of ether oxygens (including phenoxy) is 1. The highest BCUT2D eigenvalue weighted by atomic mass is 35.5. The maximum atomic E-state index is 12.6. The molecule has 10 heteroatoms. The molecule has 9 nitrogen and oxygen atoms in total. The molecule has 148 valence electrons. The van der Waals surface area contributed by atoms with Gasteiger partial charge in [0.1, 0.15) is 11.6 Å². The molecule has 2 aromatic carbocycles. The molecule has 2 aromatic rings. The number of hydrogen-bond acceptors (Lipinski definition) is 7. The Balaban J connectivity index is 1.73.